The highest BCUT2D eigenvalue weighted by atomic mass is 79.9. The van der Waals surface area contributed by atoms with E-state index in [1.165, 1.54) is 11.3 Å². The maximum Gasteiger partial charge on any atom is 0.338 e. The molecule has 4 rings (SSSR count). The van der Waals surface area contributed by atoms with E-state index in [1.807, 2.05) is 55.4 Å². The fraction of sp³-hybridized carbons (Fsp3) is 0.240. The molecule has 1 aliphatic heterocycles. The van der Waals surface area contributed by atoms with Crippen molar-refractivity contribution in [1.82, 2.24) is 4.57 Å². The molecule has 0 aliphatic carbocycles. The second-order valence-electron chi connectivity index (χ2n) is 7.96. The van der Waals surface area contributed by atoms with Gasteiger partial charge < -0.3 is 9.64 Å². The van der Waals surface area contributed by atoms with Gasteiger partial charge in [-0.15, -0.1) is 0 Å². The third kappa shape index (κ3) is 4.62. The molecule has 3 aromatic rings. The van der Waals surface area contributed by atoms with Crippen molar-refractivity contribution in [3.8, 4) is 0 Å². The SMILES string of the molecule is CCOC(=O)C1=C(C)N=c2sc(=Cc3ccc(N(C)C)c(Br)c3)c(=O)n2C1c1ccc(Cl)cc1. The number of benzene rings is 2. The second-order valence-corrected chi connectivity index (χ2v) is 10.3. The van der Waals surface area contributed by atoms with E-state index in [-0.39, 0.29) is 12.2 Å². The van der Waals surface area contributed by atoms with Crippen LogP contribution in [0.5, 0.6) is 0 Å². The van der Waals surface area contributed by atoms with Crippen LogP contribution in [0.2, 0.25) is 5.02 Å². The Kier molecular flexibility index (Phi) is 7.12. The first kappa shape index (κ1) is 24.4. The number of hydrogen-bond acceptors (Lipinski definition) is 6. The van der Waals surface area contributed by atoms with E-state index in [4.69, 9.17) is 16.3 Å². The zero-order valence-electron chi connectivity index (χ0n) is 19.1. The molecular weight excluding hydrogens is 538 g/mol. The van der Waals surface area contributed by atoms with E-state index in [0.717, 1.165) is 21.3 Å². The zero-order chi connectivity index (χ0) is 24.6. The summed E-state index contributed by atoms with van der Waals surface area (Å²) < 4.78 is 8.35. The number of nitrogens with zero attached hydrogens (tertiary/aromatic N) is 3. The monoisotopic (exact) mass is 559 g/mol. The van der Waals surface area contributed by atoms with Gasteiger partial charge in [-0.3, -0.25) is 9.36 Å². The summed E-state index contributed by atoms with van der Waals surface area (Å²) in [6.07, 6.45) is 1.84. The lowest BCUT2D eigenvalue weighted by Gasteiger charge is -2.24. The van der Waals surface area contributed by atoms with Gasteiger partial charge in [-0.2, -0.15) is 0 Å². The van der Waals surface area contributed by atoms with E-state index >= 15 is 0 Å². The van der Waals surface area contributed by atoms with Crippen LogP contribution in [0.25, 0.3) is 6.08 Å². The number of rotatable bonds is 5. The number of aromatic nitrogens is 1. The topological polar surface area (TPSA) is 63.9 Å². The first-order valence-corrected chi connectivity index (χ1v) is 12.6. The summed E-state index contributed by atoms with van der Waals surface area (Å²) in [6, 6.07) is 12.4. The number of thiazole rings is 1. The molecule has 0 bridgehead atoms. The molecule has 1 unspecified atom stereocenters. The molecule has 9 heteroatoms. The summed E-state index contributed by atoms with van der Waals surface area (Å²) in [5, 5.41) is 0.571. The fourth-order valence-corrected chi connectivity index (χ4v) is 5.80. The minimum absolute atomic E-state index is 0.217. The molecule has 176 valence electrons. The molecule has 0 spiro atoms. The predicted octanol–water partition coefficient (Wildman–Crippen LogP) is 4.28. The highest BCUT2D eigenvalue weighted by Crippen LogP contribution is 2.31. The lowest BCUT2D eigenvalue weighted by Crippen LogP contribution is -2.39. The van der Waals surface area contributed by atoms with Gasteiger partial charge in [-0.05, 0) is 71.2 Å². The van der Waals surface area contributed by atoms with Gasteiger partial charge in [0.2, 0.25) is 0 Å². The maximum absolute atomic E-state index is 13.6. The van der Waals surface area contributed by atoms with E-state index < -0.39 is 12.0 Å². The Hall–Kier alpha value is -2.68. The van der Waals surface area contributed by atoms with Crippen molar-refractivity contribution in [1.29, 1.82) is 0 Å². The van der Waals surface area contributed by atoms with Gasteiger partial charge in [0.1, 0.15) is 0 Å². The smallest absolute Gasteiger partial charge is 0.338 e. The van der Waals surface area contributed by atoms with E-state index in [1.54, 1.807) is 30.5 Å². The highest BCUT2D eigenvalue weighted by molar-refractivity contribution is 9.10. The van der Waals surface area contributed by atoms with Crippen molar-refractivity contribution in [3.05, 3.63) is 94.0 Å². The Morgan fingerprint density at radius 3 is 2.59 bits per heavy atom. The number of carbonyl (C=O) groups is 1. The Bertz CT molecular complexity index is 1470. The number of fused-ring (bicyclic) bond motifs is 1. The molecule has 0 N–H and O–H groups in total. The van der Waals surface area contributed by atoms with Crippen LogP contribution in [-0.2, 0) is 9.53 Å². The van der Waals surface area contributed by atoms with Gasteiger partial charge in [-0.25, -0.2) is 9.79 Å². The molecule has 6 nitrogen and oxygen atoms in total. The lowest BCUT2D eigenvalue weighted by atomic mass is 9.96. The largest absolute Gasteiger partial charge is 0.463 e. The Morgan fingerprint density at radius 1 is 1.26 bits per heavy atom. The van der Waals surface area contributed by atoms with Crippen LogP contribution in [0, 0.1) is 0 Å². The Balaban J connectivity index is 1.91. The van der Waals surface area contributed by atoms with Crippen molar-refractivity contribution in [3.63, 3.8) is 0 Å². The number of hydrogen-bond donors (Lipinski definition) is 0. The summed E-state index contributed by atoms with van der Waals surface area (Å²) in [7, 11) is 3.94. The molecule has 2 heterocycles. The molecule has 0 saturated carbocycles. The maximum atomic E-state index is 13.6. The number of esters is 1. The third-order valence-electron chi connectivity index (χ3n) is 5.45. The molecule has 0 amide bonds. The van der Waals surface area contributed by atoms with Gasteiger partial charge in [0.25, 0.3) is 5.56 Å². The van der Waals surface area contributed by atoms with Crippen LogP contribution in [0.4, 0.5) is 5.69 Å². The molecule has 34 heavy (non-hydrogen) atoms. The normalized spacial score (nSPS) is 15.7. The van der Waals surface area contributed by atoms with Gasteiger partial charge >= 0.3 is 5.97 Å². The lowest BCUT2D eigenvalue weighted by molar-refractivity contribution is -0.139. The number of ether oxygens (including phenoxy) is 1. The summed E-state index contributed by atoms with van der Waals surface area (Å²) >= 11 is 11.0. The molecule has 2 aromatic carbocycles. The van der Waals surface area contributed by atoms with Crippen molar-refractivity contribution < 1.29 is 9.53 Å². The first-order chi connectivity index (χ1) is 16.2. The quantitative estimate of drug-likeness (QED) is 0.437. The van der Waals surface area contributed by atoms with Crippen LogP contribution in [0.3, 0.4) is 0 Å². The summed E-state index contributed by atoms with van der Waals surface area (Å²) in [6.45, 7) is 3.74. The van der Waals surface area contributed by atoms with Crippen molar-refractivity contribution in [2.45, 2.75) is 19.9 Å². The third-order valence-corrected chi connectivity index (χ3v) is 7.32. The van der Waals surface area contributed by atoms with Crippen LogP contribution < -0.4 is 19.8 Å². The van der Waals surface area contributed by atoms with E-state index in [0.29, 0.717) is 25.6 Å². The van der Waals surface area contributed by atoms with Crippen LogP contribution in [0.1, 0.15) is 31.0 Å². The summed E-state index contributed by atoms with van der Waals surface area (Å²) in [5.41, 5.74) is 3.34. The number of anilines is 1. The molecule has 0 radical (unpaired) electrons. The molecule has 0 fully saturated rings. The summed E-state index contributed by atoms with van der Waals surface area (Å²) in [5.74, 6) is -0.485. The number of halogens is 2. The molecule has 0 saturated heterocycles. The minimum atomic E-state index is -0.655. The van der Waals surface area contributed by atoms with E-state index in [9.17, 15) is 9.59 Å². The number of carbonyl (C=O) groups excluding carboxylic acids is 1. The van der Waals surface area contributed by atoms with Gasteiger partial charge in [0, 0.05) is 23.6 Å². The molecular formula is C25H23BrClN3O3S. The standard InChI is InChI=1S/C25H23BrClN3O3S/c1-5-33-24(32)21-14(2)28-25-30(22(21)16-7-9-17(27)10-8-16)23(31)20(34-25)13-15-6-11-19(29(3)4)18(26)12-15/h6-13,22H,5H2,1-4H3. The number of allylic oxidation sites excluding steroid dienone is 1. The highest BCUT2D eigenvalue weighted by Gasteiger charge is 2.33. The van der Waals surface area contributed by atoms with Crippen LogP contribution >= 0.6 is 38.9 Å². The molecule has 1 aliphatic rings. The molecule has 1 atom stereocenters. The van der Waals surface area contributed by atoms with E-state index in [2.05, 4.69) is 20.9 Å². The predicted molar refractivity (Wildman–Crippen MR) is 140 cm³/mol. The van der Waals surface area contributed by atoms with Crippen molar-refractivity contribution in [2.75, 3.05) is 25.6 Å². The van der Waals surface area contributed by atoms with Gasteiger partial charge in [0.15, 0.2) is 4.80 Å². The summed E-state index contributed by atoms with van der Waals surface area (Å²) in [4.78, 5) is 33.7. The Morgan fingerprint density at radius 2 is 1.97 bits per heavy atom. The minimum Gasteiger partial charge on any atom is -0.463 e. The second kappa shape index (κ2) is 9.90. The van der Waals surface area contributed by atoms with Crippen molar-refractivity contribution in [2.24, 2.45) is 4.99 Å². The zero-order valence-corrected chi connectivity index (χ0v) is 22.3. The van der Waals surface area contributed by atoms with Crippen molar-refractivity contribution >= 4 is 56.6 Å². The average molecular weight is 561 g/mol. The van der Waals surface area contributed by atoms with Gasteiger partial charge in [0.05, 0.1) is 34.1 Å². The first-order valence-electron chi connectivity index (χ1n) is 10.6. The molecule has 1 aromatic heterocycles. The fourth-order valence-electron chi connectivity index (χ4n) is 3.88. The van der Waals surface area contributed by atoms with Gasteiger partial charge in [-0.1, -0.05) is 41.1 Å². The van der Waals surface area contributed by atoms with Crippen LogP contribution in [-0.4, -0.2) is 31.2 Å². The Labute approximate surface area is 214 Å². The van der Waals surface area contributed by atoms with Crippen LogP contribution in [0.15, 0.2) is 68.0 Å². The average Bonchev–Trinajstić information content (AvgIpc) is 3.08.